The normalized spacial score (nSPS) is 10.1. The molecule has 0 aliphatic carbocycles. The van der Waals surface area contributed by atoms with Crippen LogP contribution >= 0.6 is 0 Å². The Balaban J connectivity index is 0. The minimum absolute atomic E-state index is 1.04. The molecule has 2 N–H and O–H groups in total. The van der Waals surface area contributed by atoms with Gasteiger partial charge in [-0.1, -0.05) is 19.9 Å². The number of nitrogens with one attached hydrogen (secondary N) is 2. The quantitative estimate of drug-likeness (QED) is 0.651. The van der Waals surface area contributed by atoms with Gasteiger partial charge in [0.15, 0.2) is 0 Å². The van der Waals surface area contributed by atoms with E-state index in [9.17, 15) is 0 Å². The van der Waals surface area contributed by atoms with E-state index in [1.165, 1.54) is 5.70 Å². The Morgan fingerprint density at radius 2 is 1.82 bits per heavy atom. The Labute approximate surface area is 71.1 Å². The minimum Gasteiger partial charge on any atom is -0.392 e. The van der Waals surface area contributed by atoms with Crippen LogP contribution in [0, 0.1) is 0 Å². The lowest BCUT2D eigenvalue weighted by atomic mass is 10.3. The van der Waals surface area contributed by atoms with Crippen molar-refractivity contribution in [3.63, 3.8) is 0 Å². The SMILES string of the molecule is C/C=C(/CCNC)NC.CC. The van der Waals surface area contributed by atoms with Crippen molar-refractivity contribution in [2.45, 2.75) is 27.2 Å². The van der Waals surface area contributed by atoms with Gasteiger partial charge in [-0.3, -0.25) is 0 Å². The fraction of sp³-hybridized carbons (Fsp3) is 0.778. The van der Waals surface area contributed by atoms with E-state index in [0.29, 0.717) is 0 Å². The molecule has 0 atom stereocenters. The molecule has 0 saturated heterocycles. The zero-order valence-corrected chi connectivity index (χ0v) is 8.49. The van der Waals surface area contributed by atoms with E-state index in [1.54, 1.807) is 0 Å². The summed E-state index contributed by atoms with van der Waals surface area (Å²) in [5, 5.41) is 6.19. The van der Waals surface area contributed by atoms with Crippen LogP contribution in [0.2, 0.25) is 0 Å². The van der Waals surface area contributed by atoms with E-state index in [1.807, 2.05) is 34.9 Å². The fourth-order valence-corrected chi connectivity index (χ4v) is 0.673. The summed E-state index contributed by atoms with van der Waals surface area (Å²) in [6, 6.07) is 0. The Morgan fingerprint density at radius 3 is 2.09 bits per heavy atom. The lowest BCUT2D eigenvalue weighted by Crippen LogP contribution is -2.14. The molecule has 0 aromatic heterocycles. The Morgan fingerprint density at radius 1 is 1.27 bits per heavy atom. The van der Waals surface area contributed by atoms with E-state index in [0.717, 1.165) is 13.0 Å². The molecule has 2 heteroatoms. The van der Waals surface area contributed by atoms with Crippen LogP contribution in [-0.4, -0.2) is 20.6 Å². The van der Waals surface area contributed by atoms with Crippen LogP contribution in [0.5, 0.6) is 0 Å². The van der Waals surface area contributed by atoms with Gasteiger partial charge in [-0.05, 0) is 20.4 Å². The fourth-order valence-electron chi connectivity index (χ4n) is 0.673. The standard InChI is InChI=1S/C7H16N2.C2H6/c1-4-7(9-3)5-6-8-2;1-2/h4,8-9H,5-6H2,1-3H3;1-2H3/b7-4-;. The third kappa shape index (κ3) is 9.50. The van der Waals surface area contributed by atoms with Crippen LogP contribution in [0.25, 0.3) is 0 Å². The van der Waals surface area contributed by atoms with Crippen LogP contribution in [0.3, 0.4) is 0 Å². The van der Waals surface area contributed by atoms with Gasteiger partial charge in [0.2, 0.25) is 0 Å². The maximum atomic E-state index is 3.11. The first-order chi connectivity index (χ1) is 5.35. The largest absolute Gasteiger partial charge is 0.392 e. The summed E-state index contributed by atoms with van der Waals surface area (Å²) in [5.41, 5.74) is 1.30. The molecule has 0 bridgehead atoms. The monoisotopic (exact) mass is 158 g/mol. The summed E-state index contributed by atoms with van der Waals surface area (Å²) in [6.07, 6.45) is 3.18. The summed E-state index contributed by atoms with van der Waals surface area (Å²) in [4.78, 5) is 0. The third-order valence-electron chi connectivity index (χ3n) is 1.31. The summed E-state index contributed by atoms with van der Waals surface area (Å²) in [5.74, 6) is 0. The second-order valence-electron chi connectivity index (χ2n) is 1.92. The molecule has 0 heterocycles. The molecule has 0 aromatic carbocycles. The first-order valence-corrected chi connectivity index (χ1v) is 4.32. The maximum absolute atomic E-state index is 3.11. The van der Waals surface area contributed by atoms with Crippen molar-refractivity contribution in [1.29, 1.82) is 0 Å². The lowest BCUT2D eigenvalue weighted by molar-refractivity contribution is 0.747. The van der Waals surface area contributed by atoms with Crippen molar-refractivity contribution < 1.29 is 0 Å². The molecule has 68 valence electrons. The molecule has 0 aliphatic heterocycles. The lowest BCUT2D eigenvalue weighted by Gasteiger charge is -2.03. The highest BCUT2D eigenvalue weighted by Crippen LogP contribution is 1.91. The first-order valence-electron chi connectivity index (χ1n) is 4.32. The van der Waals surface area contributed by atoms with E-state index in [2.05, 4.69) is 16.7 Å². The highest BCUT2D eigenvalue weighted by Gasteiger charge is 1.87. The highest BCUT2D eigenvalue weighted by atomic mass is 14.9. The summed E-state index contributed by atoms with van der Waals surface area (Å²) in [6.45, 7) is 7.09. The highest BCUT2D eigenvalue weighted by molar-refractivity contribution is 4.96. The van der Waals surface area contributed by atoms with Crippen LogP contribution < -0.4 is 10.6 Å². The molecular weight excluding hydrogens is 136 g/mol. The van der Waals surface area contributed by atoms with Gasteiger partial charge in [0, 0.05) is 19.3 Å². The molecule has 0 spiro atoms. The van der Waals surface area contributed by atoms with Gasteiger partial charge in [0.25, 0.3) is 0 Å². The average Bonchev–Trinajstić information content (AvgIpc) is 2.10. The smallest absolute Gasteiger partial charge is 0.00734 e. The summed E-state index contributed by atoms with van der Waals surface area (Å²) in [7, 11) is 3.91. The van der Waals surface area contributed by atoms with E-state index < -0.39 is 0 Å². The van der Waals surface area contributed by atoms with Gasteiger partial charge in [-0.15, -0.1) is 0 Å². The Bertz CT molecular complexity index is 87.6. The molecule has 0 amide bonds. The van der Waals surface area contributed by atoms with Gasteiger partial charge in [-0.2, -0.15) is 0 Å². The number of rotatable bonds is 4. The average molecular weight is 158 g/mol. The molecule has 2 nitrogen and oxygen atoms in total. The van der Waals surface area contributed by atoms with Crippen molar-refractivity contribution in [3.05, 3.63) is 11.8 Å². The zero-order valence-electron chi connectivity index (χ0n) is 8.49. The maximum Gasteiger partial charge on any atom is 0.00734 e. The second kappa shape index (κ2) is 12.2. The topological polar surface area (TPSA) is 24.1 Å². The van der Waals surface area contributed by atoms with Crippen LogP contribution in [0.15, 0.2) is 11.8 Å². The molecule has 11 heavy (non-hydrogen) atoms. The van der Waals surface area contributed by atoms with Crippen LogP contribution in [-0.2, 0) is 0 Å². The van der Waals surface area contributed by atoms with Crippen molar-refractivity contribution in [3.8, 4) is 0 Å². The van der Waals surface area contributed by atoms with E-state index >= 15 is 0 Å². The van der Waals surface area contributed by atoms with Crippen molar-refractivity contribution in [2.24, 2.45) is 0 Å². The van der Waals surface area contributed by atoms with Crippen LogP contribution in [0.1, 0.15) is 27.2 Å². The predicted molar refractivity (Wildman–Crippen MR) is 52.7 cm³/mol. The van der Waals surface area contributed by atoms with E-state index in [4.69, 9.17) is 0 Å². The number of hydrogen-bond donors (Lipinski definition) is 2. The molecule has 0 aliphatic rings. The van der Waals surface area contributed by atoms with Gasteiger partial charge >= 0.3 is 0 Å². The van der Waals surface area contributed by atoms with E-state index in [-0.39, 0.29) is 0 Å². The van der Waals surface area contributed by atoms with Crippen molar-refractivity contribution >= 4 is 0 Å². The first kappa shape index (κ1) is 13.1. The molecule has 0 unspecified atom stereocenters. The Kier molecular flexibility index (Phi) is 14.5. The minimum atomic E-state index is 1.04. The predicted octanol–water partition coefficient (Wildman–Crippen LogP) is 1.75. The number of hydrogen-bond acceptors (Lipinski definition) is 2. The molecule has 0 radical (unpaired) electrons. The summed E-state index contributed by atoms with van der Waals surface area (Å²) >= 11 is 0. The van der Waals surface area contributed by atoms with Crippen molar-refractivity contribution in [1.82, 2.24) is 10.6 Å². The zero-order chi connectivity index (χ0) is 9.11. The Hall–Kier alpha value is -0.500. The second-order valence-corrected chi connectivity index (χ2v) is 1.92. The van der Waals surface area contributed by atoms with Crippen molar-refractivity contribution in [2.75, 3.05) is 20.6 Å². The van der Waals surface area contributed by atoms with Gasteiger partial charge < -0.3 is 10.6 Å². The van der Waals surface area contributed by atoms with Gasteiger partial charge in [0.1, 0.15) is 0 Å². The third-order valence-corrected chi connectivity index (χ3v) is 1.31. The van der Waals surface area contributed by atoms with Crippen LogP contribution in [0.4, 0.5) is 0 Å². The summed E-state index contributed by atoms with van der Waals surface area (Å²) < 4.78 is 0. The molecule has 0 saturated carbocycles. The molecular formula is C9H22N2. The molecule has 0 rings (SSSR count). The number of allylic oxidation sites excluding steroid dienone is 1. The molecule has 0 fully saturated rings. The molecule has 0 aromatic rings. The van der Waals surface area contributed by atoms with Gasteiger partial charge in [0.05, 0.1) is 0 Å². The van der Waals surface area contributed by atoms with Gasteiger partial charge in [-0.25, -0.2) is 0 Å².